The van der Waals surface area contributed by atoms with Crippen LogP contribution in [-0.4, -0.2) is 48.0 Å². The van der Waals surface area contributed by atoms with Crippen molar-refractivity contribution in [1.82, 2.24) is 5.32 Å². The molecule has 3 unspecified atom stereocenters. The van der Waals surface area contributed by atoms with Crippen molar-refractivity contribution >= 4 is 11.8 Å². The van der Waals surface area contributed by atoms with Gasteiger partial charge in [0.2, 0.25) is 0 Å². The molecule has 0 amide bonds. The largest absolute Gasteiger partial charge is 0.394 e. The van der Waals surface area contributed by atoms with E-state index in [0.29, 0.717) is 11.4 Å². The van der Waals surface area contributed by atoms with Crippen LogP contribution in [0.4, 0.5) is 0 Å². The second-order valence-electron chi connectivity index (χ2n) is 5.38. The molecule has 1 aliphatic carbocycles. The van der Waals surface area contributed by atoms with Gasteiger partial charge in [-0.15, -0.1) is 0 Å². The summed E-state index contributed by atoms with van der Waals surface area (Å²) in [5.74, 6) is 1.13. The zero-order valence-electron chi connectivity index (χ0n) is 10.8. The Morgan fingerprint density at radius 2 is 2.29 bits per heavy atom. The fourth-order valence-corrected chi connectivity index (χ4v) is 4.44. The minimum atomic E-state index is -0.0214. The van der Waals surface area contributed by atoms with Gasteiger partial charge in [0, 0.05) is 23.1 Å². The van der Waals surface area contributed by atoms with E-state index >= 15 is 0 Å². The molecular formula is C13H25NO2S. The van der Waals surface area contributed by atoms with Gasteiger partial charge in [0.05, 0.1) is 12.7 Å². The third-order valence-corrected chi connectivity index (χ3v) is 5.61. The highest BCUT2D eigenvalue weighted by molar-refractivity contribution is 7.99. The highest BCUT2D eigenvalue weighted by atomic mass is 32.2. The number of aliphatic hydroxyl groups is 1. The first-order chi connectivity index (χ1) is 8.28. The molecule has 0 aromatic rings. The van der Waals surface area contributed by atoms with E-state index in [4.69, 9.17) is 4.74 Å². The number of aliphatic hydroxyl groups excluding tert-OH is 1. The third-order valence-electron chi connectivity index (χ3n) is 4.17. The molecule has 2 aliphatic rings. The summed E-state index contributed by atoms with van der Waals surface area (Å²) >= 11 is 2.05. The number of hydrogen-bond donors (Lipinski definition) is 2. The van der Waals surface area contributed by atoms with Crippen LogP contribution in [0.3, 0.4) is 0 Å². The molecule has 17 heavy (non-hydrogen) atoms. The summed E-state index contributed by atoms with van der Waals surface area (Å²) in [4.78, 5) is 0. The van der Waals surface area contributed by atoms with Crippen LogP contribution in [0, 0.1) is 0 Å². The Kier molecular flexibility index (Phi) is 5.15. The lowest BCUT2D eigenvalue weighted by molar-refractivity contribution is 0.126. The van der Waals surface area contributed by atoms with E-state index in [1.807, 2.05) is 7.05 Å². The van der Waals surface area contributed by atoms with Gasteiger partial charge in [-0.3, -0.25) is 0 Å². The second kappa shape index (κ2) is 6.41. The van der Waals surface area contributed by atoms with Crippen molar-refractivity contribution in [3.63, 3.8) is 0 Å². The molecule has 100 valence electrons. The van der Waals surface area contributed by atoms with Gasteiger partial charge in [0.15, 0.2) is 0 Å². The van der Waals surface area contributed by atoms with Crippen LogP contribution >= 0.6 is 11.8 Å². The molecule has 0 radical (unpaired) electrons. The zero-order valence-corrected chi connectivity index (χ0v) is 11.6. The highest BCUT2D eigenvalue weighted by Crippen LogP contribution is 2.35. The Bertz CT molecular complexity index is 227. The SMILES string of the molecule is CNC1(CO)CCCC(SCC2CCCO2)C1. The van der Waals surface area contributed by atoms with Crippen LogP contribution in [0.5, 0.6) is 0 Å². The van der Waals surface area contributed by atoms with Crippen molar-refractivity contribution in [2.24, 2.45) is 0 Å². The molecule has 3 atom stereocenters. The number of ether oxygens (including phenoxy) is 1. The van der Waals surface area contributed by atoms with Crippen LogP contribution in [0.2, 0.25) is 0 Å². The van der Waals surface area contributed by atoms with Crippen molar-refractivity contribution in [3.05, 3.63) is 0 Å². The Hall–Kier alpha value is 0.230. The van der Waals surface area contributed by atoms with Crippen LogP contribution in [0.25, 0.3) is 0 Å². The van der Waals surface area contributed by atoms with Crippen molar-refractivity contribution in [1.29, 1.82) is 0 Å². The Balaban J connectivity index is 1.76. The van der Waals surface area contributed by atoms with E-state index in [0.717, 1.165) is 25.2 Å². The van der Waals surface area contributed by atoms with Crippen LogP contribution < -0.4 is 5.32 Å². The lowest BCUT2D eigenvalue weighted by Gasteiger charge is -2.39. The van der Waals surface area contributed by atoms with E-state index in [2.05, 4.69) is 17.1 Å². The number of likely N-dealkylation sites (N-methyl/N-ethyl adjacent to an activating group) is 1. The van der Waals surface area contributed by atoms with Crippen molar-refractivity contribution in [2.45, 2.75) is 55.4 Å². The normalized spacial score (nSPS) is 38.5. The van der Waals surface area contributed by atoms with Gasteiger partial charge in [-0.05, 0) is 39.2 Å². The number of nitrogens with one attached hydrogen (secondary N) is 1. The molecule has 2 N–H and O–H groups in total. The van der Waals surface area contributed by atoms with E-state index in [1.54, 1.807) is 0 Å². The van der Waals surface area contributed by atoms with E-state index in [9.17, 15) is 5.11 Å². The summed E-state index contributed by atoms with van der Waals surface area (Å²) in [7, 11) is 1.98. The van der Waals surface area contributed by atoms with Crippen LogP contribution in [-0.2, 0) is 4.74 Å². The molecule has 2 rings (SSSR count). The summed E-state index contributed by atoms with van der Waals surface area (Å²) in [6, 6.07) is 0. The van der Waals surface area contributed by atoms with Gasteiger partial charge in [-0.1, -0.05) is 6.42 Å². The zero-order chi connectivity index (χ0) is 12.1. The standard InChI is InChI=1S/C13H25NO2S/c1-14-13(10-15)6-2-5-12(8-13)17-9-11-4-3-7-16-11/h11-12,14-15H,2-10H2,1H3. The van der Waals surface area contributed by atoms with E-state index < -0.39 is 0 Å². The minimum absolute atomic E-state index is 0.0214. The maximum Gasteiger partial charge on any atom is 0.0666 e. The molecule has 0 aromatic carbocycles. The maximum atomic E-state index is 9.54. The van der Waals surface area contributed by atoms with Crippen molar-refractivity contribution < 1.29 is 9.84 Å². The lowest BCUT2D eigenvalue weighted by atomic mass is 9.82. The van der Waals surface area contributed by atoms with Gasteiger partial charge in [-0.2, -0.15) is 11.8 Å². The topological polar surface area (TPSA) is 41.5 Å². The average molecular weight is 259 g/mol. The molecule has 3 nitrogen and oxygen atoms in total. The van der Waals surface area contributed by atoms with Crippen LogP contribution in [0.15, 0.2) is 0 Å². The van der Waals surface area contributed by atoms with Crippen LogP contribution in [0.1, 0.15) is 38.5 Å². The smallest absolute Gasteiger partial charge is 0.0666 e. The van der Waals surface area contributed by atoms with Crippen molar-refractivity contribution in [2.75, 3.05) is 26.0 Å². The second-order valence-corrected chi connectivity index (χ2v) is 6.71. The highest BCUT2D eigenvalue weighted by Gasteiger charge is 2.34. The first kappa shape index (κ1) is 13.7. The summed E-state index contributed by atoms with van der Waals surface area (Å²) in [5.41, 5.74) is -0.0214. The molecule has 1 heterocycles. The Labute approximate surface area is 109 Å². The van der Waals surface area contributed by atoms with Gasteiger partial charge in [0.1, 0.15) is 0 Å². The fourth-order valence-electron chi connectivity index (χ4n) is 2.92. The first-order valence-corrected chi connectivity index (χ1v) is 7.86. The molecule has 4 heteroatoms. The Morgan fingerprint density at radius 1 is 1.41 bits per heavy atom. The maximum absolute atomic E-state index is 9.54. The molecule has 0 spiro atoms. The molecule has 2 fully saturated rings. The predicted molar refractivity (Wildman–Crippen MR) is 72.6 cm³/mol. The summed E-state index contributed by atoms with van der Waals surface area (Å²) in [6.45, 7) is 1.22. The van der Waals surface area contributed by atoms with Crippen molar-refractivity contribution in [3.8, 4) is 0 Å². The molecule has 1 saturated carbocycles. The average Bonchev–Trinajstić information content (AvgIpc) is 2.90. The quantitative estimate of drug-likeness (QED) is 0.790. The monoisotopic (exact) mass is 259 g/mol. The summed E-state index contributed by atoms with van der Waals surface area (Å²) in [5, 5.41) is 13.6. The van der Waals surface area contributed by atoms with E-state index in [1.165, 1.54) is 25.7 Å². The first-order valence-electron chi connectivity index (χ1n) is 6.81. The minimum Gasteiger partial charge on any atom is -0.394 e. The third kappa shape index (κ3) is 3.60. The molecular weight excluding hydrogens is 234 g/mol. The summed E-state index contributed by atoms with van der Waals surface area (Å²) < 4.78 is 5.66. The van der Waals surface area contributed by atoms with Gasteiger partial charge >= 0.3 is 0 Å². The Morgan fingerprint density at radius 3 is 2.94 bits per heavy atom. The van der Waals surface area contributed by atoms with Gasteiger partial charge < -0.3 is 15.2 Å². The van der Waals surface area contributed by atoms with Gasteiger partial charge in [0.25, 0.3) is 0 Å². The number of hydrogen-bond acceptors (Lipinski definition) is 4. The molecule has 1 aliphatic heterocycles. The lowest BCUT2D eigenvalue weighted by Crippen LogP contribution is -2.50. The fraction of sp³-hybridized carbons (Fsp3) is 1.00. The molecule has 0 aromatic heterocycles. The van der Waals surface area contributed by atoms with E-state index in [-0.39, 0.29) is 12.1 Å². The number of rotatable bonds is 5. The van der Waals surface area contributed by atoms with Gasteiger partial charge in [-0.25, -0.2) is 0 Å². The molecule has 1 saturated heterocycles. The molecule has 0 bridgehead atoms. The summed E-state index contributed by atoms with van der Waals surface area (Å²) in [6.07, 6.45) is 7.67. The predicted octanol–water partition coefficient (Wildman–Crippen LogP) is 1.79. The number of thioether (sulfide) groups is 1.